The number of nitrogens with one attached hydrogen (secondary N) is 1. The molecule has 148 valence electrons. The summed E-state index contributed by atoms with van der Waals surface area (Å²) in [5, 5.41) is 14.4. The molecule has 2 saturated heterocycles. The molecule has 0 amide bonds. The van der Waals surface area contributed by atoms with Gasteiger partial charge in [-0.15, -0.1) is 0 Å². The van der Waals surface area contributed by atoms with Crippen molar-refractivity contribution in [2.24, 2.45) is 11.8 Å². The number of likely N-dealkylation sites (tertiary alicyclic amines) is 1. The molecule has 28 heavy (non-hydrogen) atoms. The molecule has 2 aromatic carbocycles. The molecule has 0 spiro atoms. The van der Waals surface area contributed by atoms with Crippen molar-refractivity contribution in [2.45, 2.75) is 11.6 Å². The van der Waals surface area contributed by atoms with Crippen LogP contribution in [0.3, 0.4) is 0 Å². The van der Waals surface area contributed by atoms with E-state index in [0.29, 0.717) is 23.3 Å². The Morgan fingerprint density at radius 1 is 1.21 bits per heavy atom. The van der Waals surface area contributed by atoms with Gasteiger partial charge < -0.3 is 24.2 Å². The topological polar surface area (TPSA) is 63.2 Å². The number of benzene rings is 2. The molecule has 4 atom stereocenters. The van der Waals surface area contributed by atoms with Crippen LogP contribution >= 0.6 is 0 Å². The standard InChI is InChI=1S/C22H26N2O4/c1-24-10-16-17(11-24)22(12-25,15-6-4-3-5-7-15)23-20(16)14-8-18(26-2)21-19(9-14)27-13-28-21/h3-9,16-17,20,23,25H,10-13H2,1-2H3/t16-,17+,20-,22-/m1/s1. The lowest BCUT2D eigenvalue weighted by molar-refractivity contribution is 0.129. The molecule has 2 aromatic rings. The van der Waals surface area contributed by atoms with E-state index in [4.69, 9.17) is 14.2 Å². The molecular weight excluding hydrogens is 356 g/mol. The average molecular weight is 382 g/mol. The van der Waals surface area contributed by atoms with Gasteiger partial charge in [0.15, 0.2) is 11.5 Å². The Hall–Kier alpha value is -2.28. The second-order valence-corrected chi connectivity index (χ2v) is 8.07. The highest BCUT2D eigenvalue weighted by Crippen LogP contribution is 2.53. The highest BCUT2D eigenvalue weighted by atomic mass is 16.7. The molecule has 0 saturated carbocycles. The number of hydrogen-bond donors (Lipinski definition) is 2. The summed E-state index contributed by atoms with van der Waals surface area (Å²) in [5.74, 6) is 2.77. The lowest BCUT2D eigenvalue weighted by Crippen LogP contribution is -2.47. The van der Waals surface area contributed by atoms with E-state index >= 15 is 0 Å². The molecule has 6 nitrogen and oxygen atoms in total. The summed E-state index contributed by atoms with van der Waals surface area (Å²) >= 11 is 0. The van der Waals surface area contributed by atoms with Gasteiger partial charge in [0.2, 0.25) is 12.5 Å². The van der Waals surface area contributed by atoms with E-state index in [1.807, 2.05) is 24.3 Å². The maximum Gasteiger partial charge on any atom is 0.231 e. The van der Waals surface area contributed by atoms with Gasteiger partial charge in [-0.05, 0) is 36.2 Å². The quantitative estimate of drug-likeness (QED) is 0.845. The van der Waals surface area contributed by atoms with E-state index < -0.39 is 5.54 Å². The molecule has 6 heteroatoms. The molecule has 2 fully saturated rings. The maximum absolute atomic E-state index is 10.6. The Balaban J connectivity index is 1.60. The normalized spacial score (nSPS) is 31.2. The summed E-state index contributed by atoms with van der Waals surface area (Å²) in [5.41, 5.74) is 1.78. The van der Waals surface area contributed by atoms with Crippen LogP contribution in [0.25, 0.3) is 0 Å². The third-order valence-electron chi connectivity index (χ3n) is 6.60. The Labute approximate surface area is 165 Å². The minimum Gasteiger partial charge on any atom is -0.493 e. The number of methoxy groups -OCH3 is 1. The Bertz CT molecular complexity index is 874. The molecule has 0 unspecified atom stereocenters. The number of nitrogens with zero attached hydrogens (tertiary/aromatic N) is 1. The van der Waals surface area contributed by atoms with Crippen LogP contribution in [-0.4, -0.2) is 50.7 Å². The summed E-state index contributed by atoms with van der Waals surface area (Å²) in [6.45, 7) is 2.20. The van der Waals surface area contributed by atoms with Gasteiger partial charge in [0.25, 0.3) is 0 Å². The van der Waals surface area contributed by atoms with Crippen LogP contribution in [0.5, 0.6) is 17.2 Å². The Morgan fingerprint density at radius 3 is 2.79 bits per heavy atom. The number of rotatable bonds is 4. The molecule has 3 aliphatic heterocycles. The molecule has 3 aliphatic rings. The summed E-state index contributed by atoms with van der Waals surface area (Å²) in [4.78, 5) is 2.36. The van der Waals surface area contributed by atoms with Gasteiger partial charge in [-0.3, -0.25) is 5.32 Å². The van der Waals surface area contributed by atoms with Gasteiger partial charge in [0.05, 0.1) is 19.3 Å². The van der Waals surface area contributed by atoms with Gasteiger partial charge in [0.1, 0.15) is 0 Å². The first-order valence-electron chi connectivity index (χ1n) is 9.76. The van der Waals surface area contributed by atoms with Crippen LogP contribution < -0.4 is 19.5 Å². The lowest BCUT2D eigenvalue weighted by Gasteiger charge is -2.35. The largest absolute Gasteiger partial charge is 0.493 e. The molecular formula is C22H26N2O4. The fraction of sp³-hybridized carbons (Fsp3) is 0.455. The average Bonchev–Trinajstić information content (AvgIpc) is 3.42. The van der Waals surface area contributed by atoms with Crippen molar-refractivity contribution >= 4 is 0 Å². The summed E-state index contributed by atoms with van der Waals surface area (Å²) in [6, 6.07) is 14.5. The smallest absolute Gasteiger partial charge is 0.231 e. The molecule has 2 N–H and O–H groups in total. The van der Waals surface area contributed by atoms with Crippen LogP contribution in [0, 0.1) is 11.8 Å². The van der Waals surface area contributed by atoms with Gasteiger partial charge in [-0.1, -0.05) is 30.3 Å². The Kier molecular flexibility index (Phi) is 4.23. The Morgan fingerprint density at radius 2 is 2.04 bits per heavy atom. The van der Waals surface area contributed by atoms with Crippen molar-refractivity contribution in [1.29, 1.82) is 0 Å². The summed E-state index contributed by atoms with van der Waals surface area (Å²) in [6.07, 6.45) is 0. The molecule has 0 aromatic heterocycles. The lowest BCUT2D eigenvalue weighted by atomic mass is 9.76. The highest BCUT2D eigenvalue weighted by molar-refractivity contribution is 5.56. The first-order chi connectivity index (χ1) is 13.7. The van der Waals surface area contributed by atoms with Crippen molar-refractivity contribution in [3.63, 3.8) is 0 Å². The minimum atomic E-state index is -0.467. The minimum absolute atomic E-state index is 0.0597. The SMILES string of the molecule is COc1cc([C@H]2N[C@](CO)(c3ccccc3)[C@H]3CN(C)C[C@@H]23)cc2c1OCO2. The molecule has 0 radical (unpaired) electrons. The maximum atomic E-state index is 10.6. The first-order valence-corrected chi connectivity index (χ1v) is 9.76. The predicted octanol–water partition coefficient (Wildman–Crippen LogP) is 2.13. The van der Waals surface area contributed by atoms with Crippen LogP contribution in [-0.2, 0) is 5.54 Å². The van der Waals surface area contributed by atoms with Crippen LogP contribution in [0.15, 0.2) is 42.5 Å². The van der Waals surface area contributed by atoms with Gasteiger partial charge >= 0.3 is 0 Å². The fourth-order valence-corrected chi connectivity index (χ4v) is 5.33. The van der Waals surface area contributed by atoms with Crippen molar-refractivity contribution in [3.8, 4) is 17.2 Å². The zero-order chi connectivity index (χ0) is 19.3. The first kappa shape index (κ1) is 17.8. The number of fused-ring (bicyclic) bond motifs is 2. The molecule has 0 aliphatic carbocycles. The van der Waals surface area contributed by atoms with Crippen molar-refractivity contribution in [3.05, 3.63) is 53.6 Å². The van der Waals surface area contributed by atoms with E-state index in [0.717, 1.165) is 30.0 Å². The highest BCUT2D eigenvalue weighted by Gasteiger charge is 2.57. The van der Waals surface area contributed by atoms with E-state index in [9.17, 15) is 5.11 Å². The third kappa shape index (κ3) is 2.52. The van der Waals surface area contributed by atoms with Gasteiger partial charge in [0, 0.05) is 25.0 Å². The monoisotopic (exact) mass is 382 g/mol. The van der Waals surface area contributed by atoms with E-state index in [2.05, 4.69) is 35.5 Å². The van der Waals surface area contributed by atoms with E-state index in [1.54, 1.807) is 7.11 Å². The number of aliphatic hydroxyl groups excluding tert-OH is 1. The molecule has 3 heterocycles. The van der Waals surface area contributed by atoms with Crippen molar-refractivity contribution < 1.29 is 19.3 Å². The van der Waals surface area contributed by atoms with Crippen molar-refractivity contribution in [2.75, 3.05) is 40.6 Å². The number of aliphatic hydroxyl groups is 1. The zero-order valence-corrected chi connectivity index (χ0v) is 16.2. The second kappa shape index (κ2) is 6.65. The summed E-state index contributed by atoms with van der Waals surface area (Å²) < 4.78 is 16.8. The zero-order valence-electron chi connectivity index (χ0n) is 16.2. The van der Waals surface area contributed by atoms with Crippen molar-refractivity contribution in [1.82, 2.24) is 10.2 Å². The number of hydrogen-bond acceptors (Lipinski definition) is 6. The number of ether oxygens (including phenoxy) is 3. The summed E-state index contributed by atoms with van der Waals surface area (Å²) in [7, 11) is 3.81. The van der Waals surface area contributed by atoms with E-state index in [1.165, 1.54) is 0 Å². The predicted molar refractivity (Wildman–Crippen MR) is 105 cm³/mol. The van der Waals surface area contributed by atoms with Gasteiger partial charge in [-0.25, -0.2) is 0 Å². The molecule has 5 rings (SSSR count). The fourth-order valence-electron chi connectivity index (χ4n) is 5.33. The van der Waals surface area contributed by atoms with Crippen LogP contribution in [0.4, 0.5) is 0 Å². The van der Waals surface area contributed by atoms with Gasteiger partial charge in [-0.2, -0.15) is 0 Å². The second-order valence-electron chi connectivity index (χ2n) is 8.07. The van der Waals surface area contributed by atoms with E-state index in [-0.39, 0.29) is 19.4 Å². The van der Waals surface area contributed by atoms with Crippen LogP contribution in [0.1, 0.15) is 17.2 Å². The molecule has 0 bridgehead atoms. The van der Waals surface area contributed by atoms with Crippen LogP contribution in [0.2, 0.25) is 0 Å². The third-order valence-corrected chi connectivity index (χ3v) is 6.60.